The molecule has 206 valence electrons. The Bertz CT molecular complexity index is 1430. The van der Waals surface area contributed by atoms with Crippen molar-refractivity contribution in [1.82, 2.24) is 14.9 Å². The van der Waals surface area contributed by atoms with E-state index in [0.29, 0.717) is 23.8 Å². The van der Waals surface area contributed by atoms with Gasteiger partial charge in [-0.25, -0.2) is 14.4 Å². The smallest absolute Gasteiger partial charge is 0.225 e. The summed E-state index contributed by atoms with van der Waals surface area (Å²) in [7, 11) is 1.69. The molecule has 0 amide bonds. The van der Waals surface area contributed by atoms with Gasteiger partial charge in [-0.15, -0.1) is 11.3 Å². The number of Topliss-reactive ketones (excluding diaryl/α,β-unsaturated/α-hetero) is 1. The van der Waals surface area contributed by atoms with Gasteiger partial charge in [0.2, 0.25) is 5.95 Å². The van der Waals surface area contributed by atoms with Crippen LogP contribution in [0.25, 0.3) is 16.5 Å². The number of ether oxygens (including phenoxy) is 1. The number of hydrogen-bond acceptors (Lipinski definition) is 8. The second-order valence-corrected chi connectivity index (χ2v) is 10.7. The maximum absolute atomic E-state index is 13.2. The molecule has 2 N–H and O–H groups in total. The summed E-state index contributed by atoms with van der Waals surface area (Å²) in [6.07, 6.45) is 7.51. The fraction of sp³-hybridized carbons (Fsp3) is 0.258. The van der Waals surface area contributed by atoms with Crippen LogP contribution in [0.3, 0.4) is 0 Å². The number of nitrogens with two attached hydrogens (primary N) is 1. The number of halogens is 1. The third-order valence-corrected chi connectivity index (χ3v) is 7.96. The highest BCUT2D eigenvalue weighted by Crippen LogP contribution is 2.28. The van der Waals surface area contributed by atoms with Crippen LogP contribution in [-0.4, -0.2) is 66.6 Å². The first kappa shape index (κ1) is 27.6. The quantitative estimate of drug-likeness (QED) is 0.212. The van der Waals surface area contributed by atoms with Crippen LogP contribution in [0.15, 0.2) is 78.4 Å². The number of ketones is 1. The lowest BCUT2D eigenvalue weighted by Gasteiger charge is -2.38. The highest BCUT2D eigenvalue weighted by Gasteiger charge is 2.24. The minimum Gasteiger partial charge on any atom is -0.398 e. The van der Waals surface area contributed by atoms with Crippen LogP contribution < -0.4 is 10.6 Å². The topological polar surface area (TPSA) is 84.6 Å². The molecule has 1 saturated heterocycles. The molecule has 1 aliphatic rings. The molecule has 1 unspecified atom stereocenters. The zero-order chi connectivity index (χ0) is 27.9. The monoisotopic (exact) mass is 557 g/mol. The zero-order valence-corrected chi connectivity index (χ0v) is 23.2. The number of nitrogens with zero attached hydrogens (tertiary/aromatic N) is 4. The lowest BCUT2D eigenvalue weighted by molar-refractivity contribution is 0.0992. The molecule has 0 spiro atoms. The summed E-state index contributed by atoms with van der Waals surface area (Å²) in [5.41, 5.74) is 10.0. The molecule has 1 fully saturated rings. The third kappa shape index (κ3) is 6.80. The molecular weight excluding hydrogens is 525 g/mol. The summed E-state index contributed by atoms with van der Waals surface area (Å²) in [5.74, 6) is 0.299. The number of aromatic nitrogens is 2. The van der Waals surface area contributed by atoms with Gasteiger partial charge in [0, 0.05) is 62.7 Å². The summed E-state index contributed by atoms with van der Waals surface area (Å²) < 4.78 is 18.7. The number of thiophene rings is 1. The number of carbonyl (C=O) groups is 1. The predicted octanol–water partition coefficient (Wildman–Crippen LogP) is 5.20. The van der Waals surface area contributed by atoms with E-state index in [1.54, 1.807) is 43.0 Å². The lowest BCUT2D eigenvalue weighted by atomic mass is 10.0. The first-order chi connectivity index (χ1) is 19.5. The van der Waals surface area contributed by atoms with Gasteiger partial charge in [-0.1, -0.05) is 36.4 Å². The highest BCUT2D eigenvalue weighted by atomic mass is 32.1. The molecule has 0 bridgehead atoms. The van der Waals surface area contributed by atoms with E-state index in [-0.39, 0.29) is 24.1 Å². The van der Waals surface area contributed by atoms with Gasteiger partial charge in [0.25, 0.3) is 0 Å². The standard InChI is InChI=1S/C31H32FN5O2S/c1-39-21-27(10-6-22-4-8-26(32)9-5-22)36-12-14-37(15-13-36)31-34-19-25(20-35-31)29(38)18-24-17-23(7-11-28(24)33)30-3-2-16-40-30/h2-11,16-17,19-20,27H,12-15,18,21,33H2,1H3/b10-6+. The lowest BCUT2D eigenvalue weighted by Crippen LogP contribution is -2.51. The second kappa shape index (κ2) is 13.0. The fourth-order valence-corrected chi connectivity index (χ4v) is 5.49. The minimum absolute atomic E-state index is 0.0678. The number of nitrogen functional groups attached to an aromatic ring is 1. The normalized spacial score (nSPS) is 15.0. The molecule has 2 aromatic heterocycles. The minimum atomic E-state index is -0.245. The van der Waals surface area contributed by atoms with Crippen LogP contribution in [0.4, 0.5) is 16.0 Å². The largest absolute Gasteiger partial charge is 0.398 e. The van der Waals surface area contributed by atoms with Crippen molar-refractivity contribution in [2.24, 2.45) is 0 Å². The molecule has 7 nitrogen and oxygen atoms in total. The summed E-state index contributed by atoms with van der Waals surface area (Å²) in [6, 6.07) is 16.4. The summed E-state index contributed by atoms with van der Waals surface area (Å²) >= 11 is 1.65. The van der Waals surface area contributed by atoms with Gasteiger partial charge in [-0.05, 0) is 52.4 Å². The Morgan fingerprint density at radius 1 is 1.10 bits per heavy atom. The number of methoxy groups -OCH3 is 1. The Balaban J connectivity index is 1.18. The van der Waals surface area contributed by atoms with E-state index in [1.165, 1.54) is 12.1 Å². The summed E-state index contributed by atoms with van der Waals surface area (Å²) in [5, 5.41) is 2.03. The van der Waals surface area contributed by atoms with Crippen molar-refractivity contribution in [3.63, 3.8) is 0 Å². The van der Waals surface area contributed by atoms with Gasteiger partial charge in [0.15, 0.2) is 5.78 Å². The number of piperazine rings is 1. The number of hydrogen-bond donors (Lipinski definition) is 1. The molecular formula is C31H32FN5O2S. The highest BCUT2D eigenvalue weighted by molar-refractivity contribution is 7.13. The molecule has 0 aliphatic carbocycles. The van der Waals surface area contributed by atoms with Crippen molar-refractivity contribution < 1.29 is 13.9 Å². The van der Waals surface area contributed by atoms with E-state index in [9.17, 15) is 9.18 Å². The Morgan fingerprint density at radius 3 is 2.52 bits per heavy atom. The maximum Gasteiger partial charge on any atom is 0.225 e. The molecule has 9 heteroatoms. The van der Waals surface area contributed by atoms with Gasteiger partial charge >= 0.3 is 0 Å². The first-order valence-electron chi connectivity index (χ1n) is 13.2. The molecule has 40 heavy (non-hydrogen) atoms. The number of anilines is 2. The van der Waals surface area contributed by atoms with Crippen LogP contribution in [0.1, 0.15) is 21.5 Å². The zero-order valence-electron chi connectivity index (χ0n) is 22.4. The van der Waals surface area contributed by atoms with Crippen molar-refractivity contribution in [2.75, 3.05) is 50.5 Å². The van der Waals surface area contributed by atoms with Crippen LogP contribution in [0.2, 0.25) is 0 Å². The predicted molar refractivity (Wildman–Crippen MR) is 159 cm³/mol. The Hall–Kier alpha value is -3.92. The molecule has 1 atom stereocenters. The molecule has 0 radical (unpaired) electrons. The summed E-state index contributed by atoms with van der Waals surface area (Å²) in [6.45, 7) is 3.69. The van der Waals surface area contributed by atoms with Crippen molar-refractivity contribution in [2.45, 2.75) is 12.5 Å². The average Bonchev–Trinajstić information content (AvgIpc) is 3.53. The van der Waals surface area contributed by atoms with Crippen molar-refractivity contribution >= 4 is 34.8 Å². The second-order valence-electron chi connectivity index (χ2n) is 9.72. The van der Waals surface area contributed by atoms with E-state index in [2.05, 4.69) is 31.9 Å². The van der Waals surface area contributed by atoms with E-state index in [1.807, 2.05) is 35.7 Å². The SMILES string of the molecule is COCC(/C=C/c1ccc(F)cc1)N1CCN(c2ncc(C(=O)Cc3cc(-c4cccs4)ccc3N)cn2)CC1. The average molecular weight is 558 g/mol. The van der Waals surface area contributed by atoms with Crippen molar-refractivity contribution in [3.8, 4) is 10.4 Å². The maximum atomic E-state index is 13.2. The van der Waals surface area contributed by atoms with Gasteiger partial charge < -0.3 is 15.4 Å². The molecule has 3 heterocycles. The first-order valence-corrected chi connectivity index (χ1v) is 14.1. The number of benzene rings is 2. The van der Waals surface area contributed by atoms with Crippen LogP contribution in [0.5, 0.6) is 0 Å². The van der Waals surface area contributed by atoms with Crippen LogP contribution >= 0.6 is 11.3 Å². The van der Waals surface area contributed by atoms with Gasteiger partial charge in [-0.2, -0.15) is 0 Å². The van der Waals surface area contributed by atoms with Crippen molar-refractivity contribution in [1.29, 1.82) is 0 Å². The molecule has 0 saturated carbocycles. The number of rotatable bonds is 10. The Morgan fingerprint density at radius 2 is 1.85 bits per heavy atom. The van der Waals surface area contributed by atoms with E-state index in [4.69, 9.17) is 10.5 Å². The van der Waals surface area contributed by atoms with Gasteiger partial charge in [0.05, 0.1) is 18.2 Å². The Kier molecular flexibility index (Phi) is 8.95. The van der Waals surface area contributed by atoms with Crippen LogP contribution in [-0.2, 0) is 11.2 Å². The summed E-state index contributed by atoms with van der Waals surface area (Å²) in [4.78, 5) is 27.7. The van der Waals surface area contributed by atoms with Crippen molar-refractivity contribution in [3.05, 3.63) is 101 Å². The molecule has 1 aliphatic heterocycles. The van der Waals surface area contributed by atoms with Crippen LogP contribution in [0, 0.1) is 5.82 Å². The molecule has 4 aromatic rings. The Labute approximate surface area is 237 Å². The van der Waals surface area contributed by atoms with E-state index < -0.39 is 0 Å². The number of carbonyl (C=O) groups excluding carboxylic acids is 1. The third-order valence-electron chi connectivity index (χ3n) is 7.04. The van der Waals surface area contributed by atoms with Gasteiger partial charge in [0.1, 0.15) is 5.82 Å². The molecule has 5 rings (SSSR count). The van der Waals surface area contributed by atoms with Gasteiger partial charge in [-0.3, -0.25) is 9.69 Å². The fourth-order valence-electron chi connectivity index (χ4n) is 4.76. The molecule has 2 aromatic carbocycles. The van der Waals surface area contributed by atoms with E-state index in [0.717, 1.165) is 47.7 Å². The van der Waals surface area contributed by atoms with E-state index >= 15 is 0 Å².